The van der Waals surface area contributed by atoms with Gasteiger partial charge in [-0.3, -0.25) is 4.31 Å². The second-order valence-electron chi connectivity index (χ2n) is 7.57. The highest BCUT2D eigenvalue weighted by Gasteiger charge is 2.39. The summed E-state index contributed by atoms with van der Waals surface area (Å²) < 4.78 is 28.0. The van der Waals surface area contributed by atoms with Gasteiger partial charge >= 0.3 is 0 Å². The molecule has 2 aliphatic rings. The topological polar surface area (TPSA) is 69.6 Å². The molecule has 0 fully saturated rings. The number of fused-ring (bicyclic) bond motifs is 1. The highest BCUT2D eigenvalue weighted by molar-refractivity contribution is 7.96. The number of unbranched alkanes of at least 4 members (excludes halogenated alkanes) is 3. The average molecular weight is 425 g/mol. The van der Waals surface area contributed by atoms with Crippen LogP contribution < -0.4 is 9.62 Å². The Bertz CT molecular complexity index is 879. The molecule has 0 saturated carbocycles. The molecule has 1 heterocycles. The Labute approximate surface area is 173 Å². The Balaban J connectivity index is 2.01. The number of nitrogens with zero attached hydrogens (tertiary/aromatic N) is 1. The molecular weight excluding hydrogens is 396 g/mol. The van der Waals surface area contributed by atoms with Gasteiger partial charge in [-0.25, -0.2) is 8.42 Å². The summed E-state index contributed by atoms with van der Waals surface area (Å²) in [5, 5.41) is 13.1. The van der Waals surface area contributed by atoms with E-state index in [0.717, 1.165) is 43.4 Å². The molecule has 7 heteroatoms. The zero-order valence-electron chi connectivity index (χ0n) is 16.5. The van der Waals surface area contributed by atoms with E-state index in [-0.39, 0.29) is 18.6 Å². The maximum atomic E-state index is 13.3. The van der Waals surface area contributed by atoms with Crippen molar-refractivity contribution in [3.05, 3.63) is 51.4 Å². The van der Waals surface area contributed by atoms with Crippen molar-refractivity contribution in [2.24, 2.45) is 5.92 Å². The monoisotopic (exact) mass is 424 g/mol. The number of nitrogens with one attached hydrogen (secondary N) is 1. The highest BCUT2D eigenvalue weighted by Crippen LogP contribution is 2.46. The molecule has 154 valence electrons. The Morgan fingerprint density at radius 2 is 1.93 bits per heavy atom. The van der Waals surface area contributed by atoms with Crippen molar-refractivity contribution in [2.45, 2.75) is 45.1 Å². The number of aliphatic hydroxyl groups excluding tert-OH is 1. The third kappa shape index (κ3) is 4.15. The smallest absolute Gasteiger partial charge is 0.264 e. The molecule has 0 saturated heterocycles. The summed E-state index contributed by atoms with van der Waals surface area (Å²) in [7, 11) is -2.06. The predicted octanol–water partition coefficient (Wildman–Crippen LogP) is 4.07. The number of rotatable bonds is 7. The fourth-order valence-electron chi connectivity index (χ4n) is 4.10. The lowest BCUT2D eigenvalue weighted by atomic mass is 9.84. The minimum absolute atomic E-state index is 0.0359. The summed E-state index contributed by atoms with van der Waals surface area (Å²) in [6.07, 6.45) is 6.12. The van der Waals surface area contributed by atoms with Crippen LogP contribution in [-0.4, -0.2) is 33.7 Å². The predicted molar refractivity (Wildman–Crippen MR) is 115 cm³/mol. The maximum Gasteiger partial charge on any atom is 0.264 e. The van der Waals surface area contributed by atoms with Crippen LogP contribution in [0.25, 0.3) is 0 Å². The van der Waals surface area contributed by atoms with Gasteiger partial charge in [-0.2, -0.15) is 0 Å². The summed E-state index contributed by atoms with van der Waals surface area (Å²) in [6.45, 7) is 3.06. The Morgan fingerprint density at radius 3 is 2.68 bits per heavy atom. The third-order valence-electron chi connectivity index (χ3n) is 5.57. The molecule has 1 aliphatic carbocycles. The first-order chi connectivity index (χ1) is 13.4. The molecule has 1 aliphatic heterocycles. The van der Waals surface area contributed by atoms with Gasteiger partial charge in [0, 0.05) is 18.7 Å². The number of sulfonamides is 1. The van der Waals surface area contributed by atoms with E-state index in [1.807, 2.05) is 31.2 Å². The van der Waals surface area contributed by atoms with Gasteiger partial charge in [0.1, 0.15) is 0 Å². The van der Waals surface area contributed by atoms with E-state index in [9.17, 15) is 8.42 Å². The van der Waals surface area contributed by atoms with E-state index < -0.39 is 10.0 Å². The second kappa shape index (κ2) is 8.99. The number of hydrogen-bond donors (Lipinski definition) is 2. The van der Waals surface area contributed by atoms with Gasteiger partial charge in [-0.1, -0.05) is 49.6 Å². The zero-order valence-corrected chi connectivity index (χ0v) is 18.1. The van der Waals surface area contributed by atoms with Crippen LogP contribution in [0.1, 0.15) is 50.6 Å². The fraction of sp³-hybridized carbons (Fsp3) is 0.524. The van der Waals surface area contributed by atoms with E-state index in [2.05, 4.69) is 5.32 Å². The molecular formula is C21H29ClN2O3S. The van der Waals surface area contributed by atoms with Crippen LogP contribution in [0.3, 0.4) is 0 Å². The molecule has 28 heavy (non-hydrogen) atoms. The van der Waals surface area contributed by atoms with Crippen LogP contribution in [0, 0.1) is 5.92 Å². The lowest BCUT2D eigenvalue weighted by molar-refractivity contribution is 0.282. The van der Waals surface area contributed by atoms with Crippen LogP contribution >= 0.6 is 11.6 Å². The number of anilines is 1. The Kier molecular flexibility index (Phi) is 6.86. The van der Waals surface area contributed by atoms with Gasteiger partial charge in [0.25, 0.3) is 10.0 Å². The molecule has 2 unspecified atom stereocenters. The Hall–Kier alpha value is -1.34. The van der Waals surface area contributed by atoms with E-state index in [1.54, 1.807) is 13.1 Å². The van der Waals surface area contributed by atoms with Crippen LogP contribution in [-0.2, 0) is 10.0 Å². The summed E-state index contributed by atoms with van der Waals surface area (Å²) in [5.41, 5.74) is 2.58. The molecule has 0 aromatic heterocycles. The van der Waals surface area contributed by atoms with Crippen molar-refractivity contribution in [3.8, 4) is 0 Å². The number of halogens is 1. The molecule has 1 aromatic rings. The highest BCUT2D eigenvalue weighted by atomic mass is 35.5. The number of allylic oxidation sites excluding steroid dienone is 2. The van der Waals surface area contributed by atoms with Crippen LogP contribution in [0.5, 0.6) is 0 Å². The first kappa shape index (κ1) is 21.4. The van der Waals surface area contributed by atoms with E-state index >= 15 is 0 Å². The standard InChI is InChI=1S/C21H29ClN2O3S/c1-15-13-16(22)14-19-20(15)21(23-11-7-3-4-8-12-25)17-9-5-6-10-18(17)24(2)28(19,26)27/h5-6,9-10,14-15,21,23,25H,3-4,7-8,11-13H2,1-2H3. The van der Waals surface area contributed by atoms with E-state index in [1.165, 1.54) is 4.31 Å². The molecule has 0 amide bonds. The SMILES string of the molecule is CC1CC(Cl)=CC2=C1C(NCCCCCCO)c1ccccc1N(C)S2(=O)=O. The van der Waals surface area contributed by atoms with Crippen molar-refractivity contribution < 1.29 is 13.5 Å². The molecule has 5 nitrogen and oxygen atoms in total. The summed E-state index contributed by atoms with van der Waals surface area (Å²) in [6, 6.07) is 7.52. The molecule has 2 atom stereocenters. The number of para-hydroxylation sites is 1. The lowest BCUT2D eigenvalue weighted by Gasteiger charge is -2.29. The number of hydrogen-bond acceptors (Lipinski definition) is 4. The normalized spacial score (nSPS) is 23.7. The average Bonchev–Trinajstić information content (AvgIpc) is 2.73. The van der Waals surface area contributed by atoms with Gasteiger partial charge in [-0.15, -0.1) is 0 Å². The largest absolute Gasteiger partial charge is 0.396 e. The molecule has 0 bridgehead atoms. The number of benzene rings is 1. The van der Waals surface area contributed by atoms with Crippen molar-refractivity contribution in [1.82, 2.24) is 5.32 Å². The first-order valence-electron chi connectivity index (χ1n) is 9.90. The van der Waals surface area contributed by atoms with Gasteiger partial charge in [0.15, 0.2) is 0 Å². The van der Waals surface area contributed by atoms with E-state index in [0.29, 0.717) is 22.0 Å². The molecule has 3 rings (SSSR count). The van der Waals surface area contributed by atoms with Crippen molar-refractivity contribution >= 4 is 27.3 Å². The minimum Gasteiger partial charge on any atom is -0.396 e. The first-order valence-corrected chi connectivity index (χ1v) is 11.7. The van der Waals surface area contributed by atoms with Gasteiger partial charge < -0.3 is 10.4 Å². The van der Waals surface area contributed by atoms with Crippen molar-refractivity contribution in [2.75, 3.05) is 24.5 Å². The van der Waals surface area contributed by atoms with Crippen molar-refractivity contribution in [3.63, 3.8) is 0 Å². The van der Waals surface area contributed by atoms with Crippen LogP contribution in [0.15, 0.2) is 45.9 Å². The van der Waals surface area contributed by atoms with Crippen LogP contribution in [0.2, 0.25) is 0 Å². The van der Waals surface area contributed by atoms with Crippen LogP contribution in [0.4, 0.5) is 5.69 Å². The zero-order chi connectivity index (χ0) is 20.3. The van der Waals surface area contributed by atoms with Gasteiger partial charge in [-0.05, 0) is 55.0 Å². The lowest BCUT2D eigenvalue weighted by Crippen LogP contribution is -2.29. The van der Waals surface area contributed by atoms with Crippen molar-refractivity contribution in [1.29, 1.82) is 0 Å². The third-order valence-corrected chi connectivity index (χ3v) is 7.66. The summed E-state index contributed by atoms with van der Waals surface area (Å²) in [4.78, 5) is 0.327. The van der Waals surface area contributed by atoms with E-state index in [4.69, 9.17) is 16.7 Å². The minimum atomic E-state index is -3.67. The quantitative estimate of drug-likeness (QED) is 0.647. The molecule has 2 N–H and O–H groups in total. The maximum absolute atomic E-state index is 13.3. The Morgan fingerprint density at radius 1 is 1.21 bits per heavy atom. The summed E-state index contributed by atoms with van der Waals surface area (Å²) in [5.74, 6) is 0.0359. The second-order valence-corrected chi connectivity index (χ2v) is 10.00. The molecule has 0 radical (unpaired) electrons. The van der Waals surface area contributed by atoms with Gasteiger partial charge in [0.2, 0.25) is 0 Å². The summed E-state index contributed by atoms with van der Waals surface area (Å²) >= 11 is 6.30. The van der Waals surface area contributed by atoms with Gasteiger partial charge in [0.05, 0.1) is 16.6 Å². The number of aliphatic hydroxyl groups is 1. The molecule has 0 spiro atoms. The fourth-order valence-corrected chi connectivity index (χ4v) is 6.13. The molecule has 1 aromatic carbocycles.